The lowest BCUT2D eigenvalue weighted by molar-refractivity contribution is 0.00389. The highest BCUT2D eigenvalue weighted by molar-refractivity contribution is 5.92. The summed E-state index contributed by atoms with van der Waals surface area (Å²) in [5, 5.41) is 0. The van der Waals surface area contributed by atoms with Crippen molar-refractivity contribution in [3.63, 3.8) is 0 Å². The number of anilines is 1. The summed E-state index contributed by atoms with van der Waals surface area (Å²) in [4.78, 5) is 16.3. The van der Waals surface area contributed by atoms with Gasteiger partial charge in [0, 0.05) is 5.69 Å². The molecular formula is C18H20N2O2. The Morgan fingerprint density at radius 1 is 1.00 bits per heavy atom. The van der Waals surface area contributed by atoms with E-state index in [1.807, 2.05) is 48.5 Å². The number of para-hydroxylation sites is 1. The van der Waals surface area contributed by atoms with Gasteiger partial charge in [0.05, 0.1) is 6.04 Å². The molecule has 0 N–H and O–H groups in total. The molecule has 22 heavy (non-hydrogen) atoms. The zero-order valence-corrected chi connectivity index (χ0v) is 12.7. The van der Waals surface area contributed by atoms with E-state index in [9.17, 15) is 4.79 Å². The van der Waals surface area contributed by atoms with Gasteiger partial charge >= 0.3 is 6.03 Å². The van der Waals surface area contributed by atoms with Gasteiger partial charge in [-0.1, -0.05) is 55.5 Å². The maximum atomic E-state index is 12.9. The van der Waals surface area contributed by atoms with Crippen LogP contribution in [0.1, 0.15) is 24.9 Å². The Labute approximate surface area is 130 Å². The summed E-state index contributed by atoms with van der Waals surface area (Å²) in [6.07, 6.45) is 0.849. The average Bonchev–Trinajstić information content (AvgIpc) is 2.59. The number of carbonyl (C=O) groups excluding carboxylic acids is 1. The zero-order valence-electron chi connectivity index (χ0n) is 12.7. The van der Waals surface area contributed by atoms with Crippen LogP contribution in [0, 0.1) is 0 Å². The normalized spacial score (nSPS) is 16.7. The number of hydrogen-bond donors (Lipinski definition) is 0. The Balaban J connectivity index is 1.86. The topological polar surface area (TPSA) is 32.8 Å². The molecule has 4 heteroatoms. The van der Waals surface area contributed by atoms with E-state index in [1.54, 1.807) is 9.80 Å². The van der Waals surface area contributed by atoms with Crippen molar-refractivity contribution in [3.8, 4) is 0 Å². The number of hydrogen-bond acceptors (Lipinski definition) is 2. The van der Waals surface area contributed by atoms with Crippen molar-refractivity contribution in [2.75, 3.05) is 18.4 Å². The van der Waals surface area contributed by atoms with Crippen molar-refractivity contribution in [2.45, 2.75) is 19.4 Å². The van der Waals surface area contributed by atoms with Crippen molar-refractivity contribution in [3.05, 3.63) is 66.2 Å². The summed E-state index contributed by atoms with van der Waals surface area (Å²) in [5.74, 6) is 0. The molecule has 2 amide bonds. The minimum Gasteiger partial charge on any atom is -0.340 e. The van der Waals surface area contributed by atoms with Crippen LogP contribution < -0.4 is 4.90 Å². The highest BCUT2D eigenvalue weighted by atomic mass is 16.5. The van der Waals surface area contributed by atoms with Crippen LogP contribution in [0.4, 0.5) is 10.5 Å². The van der Waals surface area contributed by atoms with Crippen molar-refractivity contribution in [1.82, 2.24) is 4.90 Å². The van der Waals surface area contributed by atoms with Crippen LogP contribution in [0.5, 0.6) is 0 Å². The smallest absolute Gasteiger partial charge is 0.328 e. The molecule has 0 radical (unpaired) electrons. The van der Waals surface area contributed by atoms with Crippen molar-refractivity contribution >= 4 is 11.7 Å². The molecule has 0 spiro atoms. The number of ether oxygens (including phenoxy) is 1. The quantitative estimate of drug-likeness (QED) is 0.854. The number of nitrogens with zero attached hydrogens (tertiary/aromatic N) is 2. The number of urea groups is 1. The molecule has 4 nitrogen and oxygen atoms in total. The van der Waals surface area contributed by atoms with Gasteiger partial charge in [0.15, 0.2) is 0 Å². The number of rotatable bonds is 4. The molecule has 1 saturated heterocycles. The van der Waals surface area contributed by atoms with E-state index in [4.69, 9.17) is 4.74 Å². The van der Waals surface area contributed by atoms with E-state index in [0.717, 1.165) is 17.7 Å². The van der Waals surface area contributed by atoms with E-state index >= 15 is 0 Å². The van der Waals surface area contributed by atoms with E-state index in [2.05, 4.69) is 19.1 Å². The van der Waals surface area contributed by atoms with Gasteiger partial charge in [-0.15, -0.1) is 0 Å². The SMILES string of the molecule is CCC(c1ccccc1)N1COCN(c2ccccc2)C1=O. The molecule has 1 atom stereocenters. The predicted octanol–water partition coefficient (Wildman–Crippen LogP) is 4.01. The molecule has 1 aliphatic rings. The second-order valence-corrected chi connectivity index (χ2v) is 5.31. The van der Waals surface area contributed by atoms with E-state index < -0.39 is 0 Å². The third-order valence-corrected chi connectivity index (χ3v) is 3.94. The summed E-state index contributed by atoms with van der Waals surface area (Å²) in [5.41, 5.74) is 2.00. The number of amides is 2. The van der Waals surface area contributed by atoms with Crippen LogP contribution in [-0.4, -0.2) is 24.4 Å². The van der Waals surface area contributed by atoms with Gasteiger partial charge < -0.3 is 4.74 Å². The first-order chi connectivity index (χ1) is 10.8. The fraction of sp³-hybridized carbons (Fsp3) is 0.278. The lowest BCUT2D eigenvalue weighted by Gasteiger charge is -2.39. The third-order valence-electron chi connectivity index (χ3n) is 3.94. The fourth-order valence-corrected chi connectivity index (χ4v) is 2.82. The van der Waals surface area contributed by atoms with E-state index in [-0.39, 0.29) is 12.1 Å². The molecule has 3 rings (SSSR count). The first-order valence-electron chi connectivity index (χ1n) is 7.57. The van der Waals surface area contributed by atoms with Gasteiger partial charge in [-0.25, -0.2) is 4.79 Å². The maximum Gasteiger partial charge on any atom is 0.328 e. The van der Waals surface area contributed by atoms with Gasteiger partial charge in [0.25, 0.3) is 0 Å². The molecule has 2 aromatic rings. The molecule has 0 aliphatic carbocycles. The maximum absolute atomic E-state index is 12.9. The summed E-state index contributed by atoms with van der Waals surface area (Å²) in [6, 6.07) is 19.8. The molecular weight excluding hydrogens is 276 g/mol. The number of carbonyl (C=O) groups is 1. The van der Waals surface area contributed by atoms with Crippen LogP contribution in [0.15, 0.2) is 60.7 Å². The molecule has 0 bridgehead atoms. The molecule has 0 aromatic heterocycles. The Morgan fingerprint density at radius 2 is 1.64 bits per heavy atom. The highest BCUT2D eigenvalue weighted by Crippen LogP contribution is 2.28. The third kappa shape index (κ3) is 2.83. The minimum absolute atomic E-state index is 0.00634. The van der Waals surface area contributed by atoms with Gasteiger partial charge in [-0.05, 0) is 24.1 Å². The Hall–Kier alpha value is -2.33. The summed E-state index contributed by atoms with van der Waals surface area (Å²) < 4.78 is 5.65. The second-order valence-electron chi connectivity index (χ2n) is 5.31. The minimum atomic E-state index is -0.00634. The zero-order chi connectivity index (χ0) is 15.4. The molecule has 1 heterocycles. The van der Waals surface area contributed by atoms with Gasteiger partial charge in [0.1, 0.15) is 13.5 Å². The summed E-state index contributed by atoms with van der Waals surface area (Å²) >= 11 is 0. The molecule has 2 aromatic carbocycles. The standard InChI is InChI=1S/C18H20N2O2/c1-2-17(15-9-5-3-6-10-15)20-14-22-13-19(18(20)21)16-11-7-4-8-12-16/h3-12,17H,2,13-14H2,1H3. The largest absolute Gasteiger partial charge is 0.340 e. The lowest BCUT2D eigenvalue weighted by atomic mass is 10.0. The van der Waals surface area contributed by atoms with Gasteiger partial charge in [-0.3, -0.25) is 9.80 Å². The Morgan fingerprint density at radius 3 is 2.27 bits per heavy atom. The molecule has 1 aliphatic heterocycles. The van der Waals surface area contributed by atoms with Crippen molar-refractivity contribution in [1.29, 1.82) is 0 Å². The van der Waals surface area contributed by atoms with Crippen LogP contribution in [0.25, 0.3) is 0 Å². The highest BCUT2D eigenvalue weighted by Gasteiger charge is 2.32. The van der Waals surface area contributed by atoms with Crippen LogP contribution in [0.3, 0.4) is 0 Å². The van der Waals surface area contributed by atoms with Gasteiger partial charge in [0.2, 0.25) is 0 Å². The van der Waals surface area contributed by atoms with E-state index in [1.165, 1.54) is 0 Å². The van der Waals surface area contributed by atoms with Crippen LogP contribution in [0.2, 0.25) is 0 Å². The van der Waals surface area contributed by atoms with Crippen LogP contribution >= 0.6 is 0 Å². The van der Waals surface area contributed by atoms with Crippen molar-refractivity contribution in [2.24, 2.45) is 0 Å². The first kappa shape index (κ1) is 14.6. The number of benzene rings is 2. The first-order valence-corrected chi connectivity index (χ1v) is 7.57. The average molecular weight is 296 g/mol. The Bertz CT molecular complexity index is 615. The summed E-state index contributed by atoms with van der Waals surface area (Å²) in [6.45, 7) is 2.71. The second kappa shape index (κ2) is 6.62. The fourth-order valence-electron chi connectivity index (χ4n) is 2.82. The molecule has 1 fully saturated rings. The predicted molar refractivity (Wildman–Crippen MR) is 86.4 cm³/mol. The van der Waals surface area contributed by atoms with Crippen LogP contribution in [-0.2, 0) is 4.74 Å². The van der Waals surface area contributed by atoms with Gasteiger partial charge in [-0.2, -0.15) is 0 Å². The lowest BCUT2D eigenvalue weighted by Crippen LogP contribution is -2.51. The van der Waals surface area contributed by atoms with Crippen molar-refractivity contribution < 1.29 is 9.53 Å². The molecule has 1 unspecified atom stereocenters. The molecule has 0 saturated carbocycles. The summed E-state index contributed by atoms with van der Waals surface area (Å²) in [7, 11) is 0. The molecule has 114 valence electrons. The monoisotopic (exact) mass is 296 g/mol. The van der Waals surface area contributed by atoms with E-state index in [0.29, 0.717) is 13.5 Å². The Kier molecular flexibility index (Phi) is 4.39.